The Hall–Kier alpha value is -0.985. The van der Waals surface area contributed by atoms with Crippen molar-refractivity contribution in [3.63, 3.8) is 0 Å². The summed E-state index contributed by atoms with van der Waals surface area (Å²) < 4.78 is 0. The lowest BCUT2D eigenvalue weighted by molar-refractivity contribution is -0.113. The van der Waals surface area contributed by atoms with Crippen molar-refractivity contribution >= 4 is 13.6 Å². The summed E-state index contributed by atoms with van der Waals surface area (Å²) in [5.74, 6) is 1.17. The van der Waals surface area contributed by atoms with E-state index in [1.807, 2.05) is 0 Å². The van der Waals surface area contributed by atoms with Gasteiger partial charge in [0.1, 0.15) is 7.85 Å². The van der Waals surface area contributed by atoms with Crippen LogP contribution >= 0.6 is 0 Å². The molecule has 9 heavy (non-hydrogen) atoms. The second-order valence-electron chi connectivity index (χ2n) is 1.56. The molecule has 0 aromatic rings. The van der Waals surface area contributed by atoms with Crippen LogP contribution in [0, 0.1) is 0 Å². The molecule has 2 radical (unpaired) electrons. The third kappa shape index (κ3) is 3.59. The second-order valence-corrected chi connectivity index (χ2v) is 1.56. The molecule has 0 aliphatic heterocycles. The van der Waals surface area contributed by atoms with Crippen molar-refractivity contribution in [3.8, 4) is 0 Å². The molecule has 0 aromatic heterocycles. The van der Waals surface area contributed by atoms with Gasteiger partial charge in [-0.3, -0.25) is 4.79 Å². The van der Waals surface area contributed by atoms with Crippen LogP contribution in [-0.4, -0.2) is 13.6 Å². The van der Waals surface area contributed by atoms with Gasteiger partial charge in [-0.05, 0) is 6.08 Å². The van der Waals surface area contributed by atoms with Gasteiger partial charge >= 0.3 is 0 Å². The zero-order chi connectivity index (χ0) is 7.28. The van der Waals surface area contributed by atoms with Crippen LogP contribution in [0.5, 0.6) is 0 Å². The van der Waals surface area contributed by atoms with Crippen LogP contribution in [0.15, 0.2) is 23.8 Å². The number of hydrogen-bond acceptors (Lipinski definition) is 2. The maximum Gasteiger partial charge on any atom is 0.175 e. The molecular weight excluding hydrogens is 113 g/mol. The zero-order valence-electron chi connectivity index (χ0n) is 5.29. The molecule has 0 bridgehead atoms. The summed E-state index contributed by atoms with van der Waals surface area (Å²) in [5, 5.41) is 0. The molecule has 0 saturated carbocycles. The molecule has 0 aromatic carbocycles. The fourth-order valence-electron chi connectivity index (χ4n) is 0.277. The van der Waals surface area contributed by atoms with Crippen LogP contribution in [0.3, 0.4) is 0 Å². The highest BCUT2D eigenvalue weighted by molar-refractivity contribution is 6.17. The van der Waals surface area contributed by atoms with E-state index in [1.54, 1.807) is 0 Å². The largest absolute Gasteiger partial charge is 0.396 e. The molecule has 0 aliphatic carbocycles. The lowest BCUT2D eigenvalue weighted by atomic mass is 10.1. The summed E-state index contributed by atoms with van der Waals surface area (Å²) in [4.78, 5) is 10.4. The molecule has 0 unspecified atom stereocenters. The molecule has 0 aliphatic rings. The SMILES string of the molecule is [B]C=C/C=C(\N)C(C)=O. The molecule has 0 atom stereocenters. The van der Waals surface area contributed by atoms with Crippen LogP contribution in [0.4, 0.5) is 0 Å². The van der Waals surface area contributed by atoms with Gasteiger partial charge in [-0.2, -0.15) is 0 Å². The van der Waals surface area contributed by atoms with Crippen molar-refractivity contribution in [2.45, 2.75) is 6.92 Å². The van der Waals surface area contributed by atoms with Crippen LogP contribution in [0.1, 0.15) is 6.92 Å². The molecule has 3 heteroatoms. The molecular formula is C6H8BNO. The van der Waals surface area contributed by atoms with Gasteiger partial charge in [-0.1, -0.05) is 6.08 Å². The summed E-state index contributed by atoms with van der Waals surface area (Å²) in [5.41, 5.74) is 5.43. The monoisotopic (exact) mass is 121 g/mol. The van der Waals surface area contributed by atoms with E-state index in [2.05, 4.69) is 0 Å². The van der Waals surface area contributed by atoms with Crippen molar-refractivity contribution in [1.29, 1.82) is 0 Å². The van der Waals surface area contributed by atoms with Gasteiger partial charge in [0.25, 0.3) is 0 Å². The summed E-state index contributed by atoms with van der Waals surface area (Å²) in [6, 6.07) is 0. The maximum atomic E-state index is 10.4. The number of carbonyl (C=O) groups excluding carboxylic acids is 1. The Morgan fingerprint density at radius 2 is 2.22 bits per heavy atom. The Morgan fingerprint density at radius 3 is 2.56 bits per heavy atom. The number of carbonyl (C=O) groups is 1. The quantitative estimate of drug-likeness (QED) is 0.320. The number of rotatable bonds is 2. The fourth-order valence-corrected chi connectivity index (χ4v) is 0.277. The number of ketones is 1. The third-order valence-electron chi connectivity index (χ3n) is 0.793. The highest BCUT2D eigenvalue weighted by atomic mass is 16.1. The highest BCUT2D eigenvalue weighted by Crippen LogP contribution is 1.84. The molecule has 2 N–H and O–H groups in total. The van der Waals surface area contributed by atoms with Crippen LogP contribution < -0.4 is 5.73 Å². The lowest BCUT2D eigenvalue weighted by Crippen LogP contribution is -2.05. The Morgan fingerprint density at radius 1 is 1.67 bits per heavy atom. The first-order chi connectivity index (χ1) is 4.18. The first-order valence-corrected chi connectivity index (χ1v) is 2.53. The van der Waals surface area contributed by atoms with Gasteiger partial charge in [-0.15, -0.1) is 5.98 Å². The number of hydrogen-bond donors (Lipinski definition) is 1. The summed E-state index contributed by atoms with van der Waals surface area (Å²) in [6.45, 7) is 1.40. The smallest absolute Gasteiger partial charge is 0.175 e. The van der Waals surface area contributed by atoms with Crippen molar-refractivity contribution in [2.24, 2.45) is 5.73 Å². The zero-order valence-corrected chi connectivity index (χ0v) is 5.29. The van der Waals surface area contributed by atoms with E-state index in [4.69, 9.17) is 13.6 Å². The Labute approximate surface area is 55.8 Å². The van der Waals surface area contributed by atoms with Crippen molar-refractivity contribution in [2.75, 3.05) is 0 Å². The first-order valence-electron chi connectivity index (χ1n) is 2.53. The van der Waals surface area contributed by atoms with Gasteiger partial charge < -0.3 is 5.73 Å². The highest BCUT2D eigenvalue weighted by Gasteiger charge is 1.91. The third-order valence-corrected chi connectivity index (χ3v) is 0.793. The molecule has 0 heterocycles. The van der Waals surface area contributed by atoms with E-state index in [9.17, 15) is 4.79 Å². The predicted molar refractivity (Wildman–Crippen MR) is 37.8 cm³/mol. The lowest BCUT2D eigenvalue weighted by Gasteiger charge is -1.88. The molecule has 0 rings (SSSR count). The van der Waals surface area contributed by atoms with Crippen molar-refractivity contribution in [3.05, 3.63) is 23.8 Å². The van der Waals surface area contributed by atoms with E-state index in [0.717, 1.165) is 0 Å². The van der Waals surface area contributed by atoms with E-state index in [0.29, 0.717) is 0 Å². The molecule has 0 fully saturated rings. The Kier molecular flexibility index (Phi) is 3.52. The van der Waals surface area contributed by atoms with Gasteiger partial charge in [0.05, 0.1) is 5.70 Å². The number of Topliss-reactive ketones (excluding diaryl/α,β-unsaturated/α-hetero) is 1. The van der Waals surface area contributed by atoms with E-state index in [1.165, 1.54) is 25.1 Å². The van der Waals surface area contributed by atoms with Gasteiger partial charge in [0.2, 0.25) is 0 Å². The first kappa shape index (κ1) is 8.01. The van der Waals surface area contributed by atoms with Crippen molar-refractivity contribution in [1.82, 2.24) is 0 Å². The Balaban J connectivity index is 4.00. The minimum Gasteiger partial charge on any atom is -0.396 e. The second kappa shape index (κ2) is 3.95. The average molecular weight is 121 g/mol. The molecule has 0 spiro atoms. The molecule has 0 amide bonds. The summed E-state index contributed by atoms with van der Waals surface area (Å²) in [6.07, 6.45) is 2.97. The number of allylic oxidation sites excluding steroid dienone is 3. The minimum absolute atomic E-state index is 0.145. The number of nitrogens with two attached hydrogens (primary N) is 1. The van der Waals surface area contributed by atoms with E-state index < -0.39 is 0 Å². The van der Waals surface area contributed by atoms with E-state index in [-0.39, 0.29) is 11.5 Å². The Bertz CT molecular complexity index is 160. The standard InChI is InChI=1S/C6H8BNO/c1-5(9)6(8)3-2-4-7/h2-4H,8H2,1H3/b4-2?,6-3-. The van der Waals surface area contributed by atoms with Gasteiger partial charge in [0, 0.05) is 6.92 Å². The topological polar surface area (TPSA) is 43.1 Å². The summed E-state index contributed by atoms with van der Waals surface area (Å²) in [7, 11) is 4.98. The maximum absolute atomic E-state index is 10.4. The van der Waals surface area contributed by atoms with Gasteiger partial charge in [-0.25, -0.2) is 0 Å². The molecule has 0 saturated heterocycles. The average Bonchev–Trinajstić information content (AvgIpc) is 1.82. The minimum atomic E-state index is -0.145. The van der Waals surface area contributed by atoms with E-state index >= 15 is 0 Å². The summed E-state index contributed by atoms with van der Waals surface area (Å²) >= 11 is 0. The van der Waals surface area contributed by atoms with Crippen LogP contribution in [0.2, 0.25) is 0 Å². The predicted octanol–water partition coefficient (Wildman–Crippen LogP) is 0.100. The normalized spacial score (nSPS) is 12.3. The van der Waals surface area contributed by atoms with Gasteiger partial charge in [0.15, 0.2) is 5.78 Å². The van der Waals surface area contributed by atoms with Crippen LogP contribution in [0.25, 0.3) is 0 Å². The fraction of sp³-hybridized carbons (Fsp3) is 0.167. The van der Waals surface area contributed by atoms with Crippen LogP contribution in [-0.2, 0) is 4.79 Å². The molecule has 46 valence electrons. The molecule has 2 nitrogen and oxygen atoms in total. The van der Waals surface area contributed by atoms with Crippen molar-refractivity contribution < 1.29 is 4.79 Å².